The van der Waals surface area contributed by atoms with E-state index in [1.807, 2.05) is 10.8 Å². The highest BCUT2D eigenvalue weighted by Crippen LogP contribution is 2.31. The highest BCUT2D eigenvalue weighted by atomic mass is 32.1. The molecule has 1 aromatic carbocycles. The zero-order valence-corrected chi connectivity index (χ0v) is 11.6. The largest absolute Gasteiger partial charge is 0.337 e. The van der Waals surface area contributed by atoms with Crippen molar-refractivity contribution in [3.05, 3.63) is 51.6 Å². The predicted molar refractivity (Wildman–Crippen MR) is 74.9 cm³/mol. The topological polar surface area (TPSA) is 46.7 Å². The van der Waals surface area contributed by atoms with Gasteiger partial charge in [0, 0.05) is 18.8 Å². The van der Waals surface area contributed by atoms with Crippen molar-refractivity contribution >= 4 is 12.2 Å². The van der Waals surface area contributed by atoms with E-state index in [-0.39, 0.29) is 6.04 Å². The molecule has 0 fully saturated rings. The van der Waals surface area contributed by atoms with Crippen LogP contribution in [-0.4, -0.2) is 9.55 Å². The molecule has 1 heterocycles. The van der Waals surface area contributed by atoms with Gasteiger partial charge in [-0.15, -0.1) is 0 Å². The molecule has 20 heavy (non-hydrogen) atoms. The number of nitrogens with two attached hydrogens (primary N) is 1. The third kappa shape index (κ3) is 2.19. The van der Waals surface area contributed by atoms with E-state index >= 15 is 0 Å². The summed E-state index contributed by atoms with van der Waals surface area (Å²) in [4.78, 5) is 2.99. The Morgan fingerprint density at radius 3 is 2.70 bits per heavy atom. The predicted octanol–water partition coefficient (Wildman–Crippen LogP) is 3.01. The van der Waals surface area contributed by atoms with Crippen LogP contribution in [0.25, 0.3) is 0 Å². The fraction of sp³-hybridized carbons (Fsp3) is 0.357. The summed E-state index contributed by atoms with van der Waals surface area (Å²) < 4.78 is 29.2. The number of nitrogens with zero attached hydrogens (tertiary/aromatic N) is 1. The zero-order valence-electron chi connectivity index (χ0n) is 10.8. The number of rotatable bonds is 2. The Balaban J connectivity index is 1.98. The Kier molecular flexibility index (Phi) is 3.43. The Bertz CT molecular complexity index is 705. The van der Waals surface area contributed by atoms with Crippen LogP contribution in [0.2, 0.25) is 0 Å². The number of halogens is 2. The molecule has 0 spiro atoms. The van der Waals surface area contributed by atoms with Gasteiger partial charge < -0.3 is 15.3 Å². The number of aromatic amines is 1. The summed E-state index contributed by atoms with van der Waals surface area (Å²) in [7, 11) is 0. The lowest BCUT2D eigenvalue weighted by Crippen LogP contribution is -2.21. The summed E-state index contributed by atoms with van der Waals surface area (Å²) in [5, 5.41) is 0. The molecule has 0 bridgehead atoms. The summed E-state index contributed by atoms with van der Waals surface area (Å²) in [6.07, 6.45) is 4.01. The van der Waals surface area contributed by atoms with Crippen LogP contribution >= 0.6 is 12.2 Å². The number of imidazole rings is 1. The number of aryl methyl sites for hydroxylation is 1. The molecule has 1 aromatic heterocycles. The summed E-state index contributed by atoms with van der Waals surface area (Å²) in [5.74, 6) is -1.57. The van der Waals surface area contributed by atoms with Crippen molar-refractivity contribution in [2.45, 2.75) is 31.8 Å². The normalized spacial score (nSPS) is 18.1. The van der Waals surface area contributed by atoms with Crippen LogP contribution in [0.1, 0.15) is 29.3 Å². The van der Waals surface area contributed by atoms with Crippen LogP contribution in [0.4, 0.5) is 8.78 Å². The maximum Gasteiger partial charge on any atom is 0.177 e. The van der Waals surface area contributed by atoms with E-state index in [0.717, 1.165) is 23.2 Å². The molecule has 0 aliphatic heterocycles. The molecule has 106 valence electrons. The molecular weight excluding hydrogens is 280 g/mol. The van der Waals surface area contributed by atoms with Gasteiger partial charge >= 0.3 is 0 Å². The molecule has 3 rings (SSSR count). The molecule has 1 aliphatic carbocycles. The van der Waals surface area contributed by atoms with Gasteiger partial charge in [-0.3, -0.25) is 0 Å². The summed E-state index contributed by atoms with van der Waals surface area (Å²) in [6, 6.07) is 2.75. The van der Waals surface area contributed by atoms with Gasteiger partial charge in [0.15, 0.2) is 16.4 Å². The third-order valence-corrected chi connectivity index (χ3v) is 4.22. The molecular formula is C14H15F2N3S. The van der Waals surface area contributed by atoms with E-state index in [9.17, 15) is 8.78 Å². The standard InChI is InChI=1S/C14H15F2N3S/c15-12-4-8-1-2-10(3-9(8)5-13(12)16)19-11(6-17)7-18-14(19)20/h4-5,7,10H,1-3,6,17H2,(H,18,20)/t10-/m0/s1. The minimum absolute atomic E-state index is 0.143. The first-order valence-electron chi connectivity index (χ1n) is 6.55. The number of aromatic nitrogens is 2. The molecule has 2 aromatic rings. The SMILES string of the molecule is NCc1c[nH]c(=S)n1[C@H]1CCc2cc(F)c(F)cc2C1. The maximum absolute atomic E-state index is 13.4. The fourth-order valence-corrected chi connectivity index (χ4v) is 3.25. The van der Waals surface area contributed by atoms with Crippen molar-refractivity contribution in [1.29, 1.82) is 0 Å². The molecule has 0 unspecified atom stereocenters. The first kappa shape index (κ1) is 13.5. The second-order valence-corrected chi connectivity index (χ2v) is 5.48. The minimum atomic E-state index is -0.791. The van der Waals surface area contributed by atoms with Gasteiger partial charge in [-0.05, 0) is 54.7 Å². The van der Waals surface area contributed by atoms with Crippen LogP contribution < -0.4 is 5.73 Å². The molecule has 0 saturated heterocycles. The molecule has 6 heteroatoms. The van der Waals surface area contributed by atoms with E-state index in [1.54, 1.807) is 0 Å². The number of fused-ring (bicyclic) bond motifs is 1. The van der Waals surface area contributed by atoms with Crippen molar-refractivity contribution < 1.29 is 8.78 Å². The van der Waals surface area contributed by atoms with Gasteiger partial charge in [0.2, 0.25) is 0 Å². The van der Waals surface area contributed by atoms with E-state index < -0.39 is 11.6 Å². The molecule has 0 amide bonds. The van der Waals surface area contributed by atoms with Gasteiger partial charge in [-0.1, -0.05) is 0 Å². The van der Waals surface area contributed by atoms with Crippen molar-refractivity contribution in [1.82, 2.24) is 9.55 Å². The number of nitrogens with one attached hydrogen (secondary N) is 1. The lowest BCUT2D eigenvalue weighted by molar-refractivity contribution is 0.421. The first-order valence-corrected chi connectivity index (χ1v) is 6.96. The lowest BCUT2D eigenvalue weighted by Gasteiger charge is -2.27. The Hall–Kier alpha value is -1.53. The lowest BCUT2D eigenvalue weighted by atomic mass is 9.88. The summed E-state index contributed by atoms with van der Waals surface area (Å²) in [5.41, 5.74) is 8.39. The second-order valence-electron chi connectivity index (χ2n) is 5.09. The highest BCUT2D eigenvalue weighted by Gasteiger charge is 2.23. The van der Waals surface area contributed by atoms with Crippen molar-refractivity contribution in [3.63, 3.8) is 0 Å². The van der Waals surface area contributed by atoms with Gasteiger partial charge in [-0.2, -0.15) is 0 Å². The highest BCUT2D eigenvalue weighted by molar-refractivity contribution is 7.71. The zero-order chi connectivity index (χ0) is 14.3. The van der Waals surface area contributed by atoms with Crippen LogP contribution in [0, 0.1) is 16.4 Å². The van der Waals surface area contributed by atoms with Gasteiger partial charge in [0.05, 0.1) is 5.69 Å². The number of benzene rings is 1. The van der Waals surface area contributed by atoms with Gasteiger partial charge in [0.1, 0.15) is 0 Å². The van der Waals surface area contributed by atoms with E-state index in [2.05, 4.69) is 4.98 Å². The minimum Gasteiger partial charge on any atom is -0.337 e. The second kappa shape index (κ2) is 5.10. The number of hydrogen-bond acceptors (Lipinski definition) is 2. The van der Waals surface area contributed by atoms with Crippen LogP contribution in [-0.2, 0) is 19.4 Å². The van der Waals surface area contributed by atoms with Gasteiger partial charge in [-0.25, -0.2) is 8.78 Å². The molecule has 0 saturated carbocycles. The Labute approximate surface area is 120 Å². The van der Waals surface area contributed by atoms with Crippen molar-refractivity contribution in [2.75, 3.05) is 0 Å². The molecule has 3 nitrogen and oxygen atoms in total. The van der Waals surface area contributed by atoms with Gasteiger partial charge in [0.25, 0.3) is 0 Å². The van der Waals surface area contributed by atoms with E-state index in [1.165, 1.54) is 12.1 Å². The molecule has 1 atom stereocenters. The molecule has 1 aliphatic rings. The van der Waals surface area contributed by atoms with Crippen LogP contribution in [0.5, 0.6) is 0 Å². The fourth-order valence-electron chi connectivity index (χ4n) is 2.92. The summed E-state index contributed by atoms with van der Waals surface area (Å²) in [6.45, 7) is 0.397. The van der Waals surface area contributed by atoms with E-state index in [0.29, 0.717) is 24.2 Å². The smallest absolute Gasteiger partial charge is 0.177 e. The maximum atomic E-state index is 13.4. The number of hydrogen-bond donors (Lipinski definition) is 2. The average Bonchev–Trinajstić information content (AvgIpc) is 2.81. The summed E-state index contributed by atoms with van der Waals surface area (Å²) >= 11 is 5.28. The number of H-pyrrole nitrogens is 1. The monoisotopic (exact) mass is 295 g/mol. The first-order chi connectivity index (χ1) is 9.60. The van der Waals surface area contributed by atoms with Crippen molar-refractivity contribution in [3.8, 4) is 0 Å². The third-order valence-electron chi connectivity index (χ3n) is 3.91. The Morgan fingerprint density at radius 1 is 1.30 bits per heavy atom. The molecule has 0 radical (unpaired) electrons. The quantitative estimate of drug-likeness (QED) is 0.837. The van der Waals surface area contributed by atoms with Crippen molar-refractivity contribution in [2.24, 2.45) is 5.73 Å². The molecule has 3 N–H and O–H groups in total. The van der Waals surface area contributed by atoms with Crippen LogP contribution in [0.3, 0.4) is 0 Å². The van der Waals surface area contributed by atoms with Crippen LogP contribution in [0.15, 0.2) is 18.3 Å². The Morgan fingerprint density at radius 2 is 2.00 bits per heavy atom. The van der Waals surface area contributed by atoms with E-state index in [4.69, 9.17) is 18.0 Å². The average molecular weight is 295 g/mol.